The van der Waals surface area contributed by atoms with E-state index in [4.69, 9.17) is 9.47 Å². The van der Waals surface area contributed by atoms with Crippen molar-refractivity contribution in [3.8, 4) is 0 Å². The summed E-state index contributed by atoms with van der Waals surface area (Å²) in [6.07, 6.45) is 5.34. The number of fused-ring (bicyclic) bond motifs is 1. The Morgan fingerprint density at radius 3 is 2.68 bits per heavy atom. The molecule has 3 aliphatic rings. The van der Waals surface area contributed by atoms with Gasteiger partial charge in [0.1, 0.15) is 6.29 Å². The van der Waals surface area contributed by atoms with Crippen molar-refractivity contribution >= 4 is 6.29 Å². The van der Waals surface area contributed by atoms with Gasteiger partial charge in [0.15, 0.2) is 5.79 Å². The summed E-state index contributed by atoms with van der Waals surface area (Å²) < 4.78 is 11.5. The van der Waals surface area contributed by atoms with Crippen LogP contribution in [0.1, 0.15) is 39.5 Å². The van der Waals surface area contributed by atoms with Gasteiger partial charge in [-0.25, -0.2) is 0 Å². The first-order valence-electron chi connectivity index (χ1n) is 7.08. The zero-order valence-corrected chi connectivity index (χ0v) is 11.6. The Morgan fingerprint density at radius 2 is 2.05 bits per heavy atom. The van der Waals surface area contributed by atoms with E-state index < -0.39 is 11.2 Å². The minimum absolute atomic E-state index is 0.348. The molecule has 19 heavy (non-hydrogen) atoms. The van der Waals surface area contributed by atoms with Crippen LogP contribution in [0.5, 0.6) is 0 Å². The van der Waals surface area contributed by atoms with Gasteiger partial charge in [-0.1, -0.05) is 25.5 Å². The third kappa shape index (κ3) is 1.81. The van der Waals surface area contributed by atoms with Crippen molar-refractivity contribution < 1.29 is 19.4 Å². The molecule has 1 aliphatic heterocycles. The van der Waals surface area contributed by atoms with Crippen LogP contribution in [0.15, 0.2) is 11.6 Å². The predicted molar refractivity (Wildman–Crippen MR) is 69.5 cm³/mol. The van der Waals surface area contributed by atoms with Crippen LogP contribution in [0, 0.1) is 10.8 Å². The summed E-state index contributed by atoms with van der Waals surface area (Å²) in [5, 5.41) is 10.2. The summed E-state index contributed by atoms with van der Waals surface area (Å²) in [6, 6.07) is 0. The number of aldehydes is 1. The minimum Gasteiger partial charge on any atom is -0.392 e. The van der Waals surface area contributed by atoms with Gasteiger partial charge in [-0.05, 0) is 12.8 Å². The predicted octanol–water partition coefficient (Wildman–Crippen LogP) is 1.82. The molecule has 0 aromatic rings. The maximum absolute atomic E-state index is 11.8. The highest BCUT2D eigenvalue weighted by molar-refractivity contribution is 5.67. The van der Waals surface area contributed by atoms with Gasteiger partial charge in [-0.2, -0.15) is 0 Å². The van der Waals surface area contributed by atoms with Gasteiger partial charge in [-0.15, -0.1) is 0 Å². The fraction of sp³-hybridized carbons (Fsp3) is 0.800. The van der Waals surface area contributed by atoms with E-state index in [0.717, 1.165) is 11.9 Å². The van der Waals surface area contributed by atoms with Gasteiger partial charge in [0.05, 0.1) is 24.7 Å². The number of aliphatic hydroxyl groups is 1. The summed E-state index contributed by atoms with van der Waals surface area (Å²) >= 11 is 0. The van der Waals surface area contributed by atoms with Crippen LogP contribution in [0.4, 0.5) is 0 Å². The van der Waals surface area contributed by atoms with Crippen LogP contribution in [0.3, 0.4) is 0 Å². The molecule has 2 atom stereocenters. The maximum Gasteiger partial charge on any atom is 0.173 e. The number of carbonyl (C=O) groups is 1. The largest absolute Gasteiger partial charge is 0.392 e. The Morgan fingerprint density at radius 1 is 1.37 bits per heavy atom. The lowest BCUT2D eigenvalue weighted by molar-refractivity contribution is -0.187. The van der Waals surface area contributed by atoms with Crippen LogP contribution in [-0.4, -0.2) is 36.5 Å². The Balaban J connectivity index is 2.02. The molecule has 0 bridgehead atoms. The summed E-state index contributed by atoms with van der Waals surface area (Å²) in [7, 11) is 0. The van der Waals surface area contributed by atoms with E-state index in [-0.39, 0.29) is 11.5 Å². The van der Waals surface area contributed by atoms with Gasteiger partial charge in [-0.3, -0.25) is 0 Å². The maximum atomic E-state index is 11.8. The van der Waals surface area contributed by atoms with E-state index in [1.807, 2.05) is 13.8 Å². The van der Waals surface area contributed by atoms with Crippen molar-refractivity contribution in [1.82, 2.24) is 0 Å². The van der Waals surface area contributed by atoms with Gasteiger partial charge in [0, 0.05) is 18.3 Å². The molecule has 0 unspecified atom stereocenters. The molecule has 106 valence electrons. The zero-order chi connectivity index (χ0) is 13.7. The van der Waals surface area contributed by atoms with Gasteiger partial charge in [0.25, 0.3) is 0 Å². The lowest BCUT2D eigenvalue weighted by atomic mass is 9.55. The first-order chi connectivity index (χ1) is 8.94. The second-order valence-electron chi connectivity index (χ2n) is 6.66. The van der Waals surface area contributed by atoms with Gasteiger partial charge in [0.2, 0.25) is 0 Å². The normalized spacial score (nSPS) is 39.7. The van der Waals surface area contributed by atoms with Gasteiger partial charge >= 0.3 is 0 Å². The van der Waals surface area contributed by atoms with Crippen LogP contribution >= 0.6 is 0 Å². The highest BCUT2D eigenvalue weighted by atomic mass is 16.7. The summed E-state index contributed by atoms with van der Waals surface area (Å²) in [6.45, 7) is 5.25. The molecule has 1 saturated carbocycles. The quantitative estimate of drug-likeness (QED) is 0.581. The van der Waals surface area contributed by atoms with Crippen LogP contribution in [0.25, 0.3) is 0 Å². The SMILES string of the molecule is CC1(C)C2=CCC3(C[C@@]2(C=O)CC[C@@H]1O)OCCO3. The molecule has 0 radical (unpaired) electrons. The molecular weight excluding hydrogens is 244 g/mol. The molecule has 0 aromatic carbocycles. The topological polar surface area (TPSA) is 55.8 Å². The zero-order valence-electron chi connectivity index (χ0n) is 11.6. The first kappa shape index (κ1) is 13.3. The molecule has 1 saturated heterocycles. The summed E-state index contributed by atoms with van der Waals surface area (Å²) in [5.74, 6) is -0.608. The van der Waals surface area contributed by atoms with Crippen molar-refractivity contribution in [1.29, 1.82) is 0 Å². The molecule has 1 N–H and O–H groups in total. The smallest absolute Gasteiger partial charge is 0.173 e. The molecule has 1 heterocycles. The summed E-state index contributed by atoms with van der Waals surface area (Å²) in [5.41, 5.74) is 0.198. The van der Waals surface area contributed by atoms with Crippen LogP contribution < -0.4 is 0 Å². The van der Waals surface area contributed by atoms with E-state index >= 15 is 0 Å². The second-order valence-corrected chi connectivity index (χ2v) is 6.66. The minimum atomic E-state index is -0.608. The number of hydrogen-bond acceptors (Lipinski definition) is 4. The Hall–Kier alpha value is -0.710. The third-order valence-electron chi connectivity index (χ3n) is 5.17. The molecule has 3 rings (SSSR count). The lowest BCUT2D eigenvalue weighted by Gasteiger charge is -2.52. The second kappa shape index (κ2) is 4.14. The van der Waals surface area contributed by atoms with Crippen molar-refractivity contribution in [3.05, 3.63) is 11.6 Å². The van der Waals surface area contributed by atoms with Crippen molar-refractivity contribution in [2.45, 2.75) is 51.4 Å². The highest BCUT2D eigenvalue weighted by Gasteiger charge is 2.56. The Labute approximate surface area is 113 Å². The van der Waals surface area contributed by atoms with E-state index in [0.29, 0.717) is 38.9 Å². The number of hydrogen-bond donors (Lipinski definition) is 1. The van der Waals surface area contributed by atoms with Crippen LogP contribution in [-0.2, 0) is 14.3 Å². The first-order valence-corrected chi connectivity index (χ1v) is 7.08. The molecule has 0 amide bonds. The fourth-order valence-electron chi connectivity index (χ4n) is 4.05. The molecule has 2 aliphatic carbocycles. The van der Waals surface area contributed by atoms with E-state index in [9.17, 15) is 9.90 Å². The average molecular weight is 266 g/mol. The Bertz CT molecular complexity index is 420. The number of carbonyl (C=O) groups excluding carboxylic acids is 1. The molecular formula is C15H22O4. The van der Waals surface area contributed by atoms with E-state index in [1.165, 1.54) is 0 Å². The fourth-order valence-corrected chi connectivity index (χ4v) is 4.05. The van der Waals surface area contributed by atoms with Crippen LogP contribution in [0.2, 0.25) is 0 Å². The standard InChI is InChI=1S/C15H22O4/c1-13(2)11-3-6-15(18-7-8-19-15)9-14(11,10-16)5-4-12(13)17/h3,10,12,17H,4-9H2,1-2H3/t12-,14+/m0/s1. The molecule has 0 aromatic heterocycles. The highest BCUT2D eigenvalue weighted by Crippen LogP contribution is 2.57. The molecule has 4 heteroatoms. The van der Waals surface area contributed by atoms with Crippen molar-refractivity contribution in [2.24, 2.45) is 10.8 Å². The monoisotopic (exact) mass is 266 g/mol. The van der Waals surface area contributed by atoms with Crippen molar-refractivity contribution in [2.75, 3.05) is 13.2 Å². The molecule has 2 fully saturated rings. The third-order valence-corrected chi connectivity index (χ3v) is 5.17. The number of ether oxygens (including phenoxy) is 2. The van der Waals surface area contributed by atoms with E-state index in [1.54, 1.807) is 0 Å². The Kier molecular flexibility index (Phi) is 2.89. The number of aliphatic hydroxyl groups excluding tert-OH is 1. The summed E-state index contributed by atoms with van der Waals surface area (Å²) in [4.78, 5) is 11.8. The molecule has 1 spiro atoms. The van der Waals surface area contributed by atoms with Crippen molar-refractivity contribution in [3.63, 3.8) is 0 Å². The lowest BCUT2D eigenvalue weighted by Crippen LogP contribution is -2.52. The number of rotatable bonds is 1. The molecule has 4 nitrogen and oxygen atoms in total. The van der Waals surface area contributed by atoms with Gasteiger partial charge < -0.3 is 19.4 Å². The van der Waals surface area contributed by atoms with E-state index in [2.05, 4.69) is 6.08 Å². The average Bonchev–Trinajstić information content (AvgIpc) is 2.82.